The number of thioether (sulfide) groups is 1. The third-order valence-electron chi connectivity index (χ3n) is 2.33. The predicted octanol–water partition coefficient (Wildman–Crippen LogP) is 0.797. The van der Waals surface area contributed by atoms with Crippen molar-refractivity contribution in [1.29, 1.82) is 0 Å². The van der Waals surface area contributed by atoms with Crippen molar-refractivity contribution < 1.29 is 19.8 Å². The monoisotopic (exact) mass is 352 g/mol. The van der Waals surface area contributed by atoms with Crippen LogP contribution in [-0.2, 0) is 0 Å². The van der Waals surface area contributed by atoms with Crippen molar-refractivity contribution in [2.45, 2.75) is 35.6 Å². The van der Waals surface area contributed by atoms with Crippen molar-refractivity contribution in [1.82, 2.24) is 4.98 Å². The van der Waals surface area contributed by atoms with E-state index < -0.39 is 0 Å². The Morgan fingerprint density at radius 1 is 1.53 bits per heavy atom. The van der Waals surface area contributed by atoms with Gasteiger partial charge < -0.3 is 0 Å². The van der Waals surface area contributed by atoms with Crippen LogP contribution in [0.1, 0.15) is 31.2 Å². The second kappa shape index (κ2) is 5.77. The molecular weight excluding hydrogens is 337 g/mol. The van der Waals surface area contributed by atoms with Crippen LogP contribution >= 0.6 is 20.7 Å². The van der Waals surface area contributed by atoms with E-state index in [1.165, 1.54) is 28.3 Å². The number of halogens is 1. The first kappa shape index (κ1) is 12.0. The maximum absolute atomic E-state index is 4.61. The van der Waals surface area contributed by atoms with Crippen LogP contribution in [0.4, 0.5) is 0 Å². The van der Waals surface area contributed by atoms with Crippen molar-refractivity contribution in [2.75, 3.05) is 10.7 Å². The van der Waals surface area contributed by atoms with E-state index in [0.717, 1.165) is 11.7 Å². The summed E-state index contributed by atoms with van der Waals surface area (Å²) < 4.78 is 0. The summed E-state index contributed by atoms with van der Waals surface area (Å²) in [5, 5.41) is 1.24. The molecule has 1 heterocycles. The third-order valence-corrected chi connectivity index (χ3v) is 6.72. The molecule has 1 aromatic heterocycles. The summed E-state index contributed by atoms with van der Waals surface area (Å²) in [6, 6.07) is 2.39. The molecule has 0 amide bonds. The van der Waals surface area contributed by atoms with E-state index in [0.29, 0.717) is 0 Å². The Labute approximate surface area is 109 Å². The molecule has 1 aliphatic rings. The zero-order valence-corrected chi connectivity index (χ0v) is 12.8. The van der Waals surface area contributed by atoms with Gasteiger partial charge in [-0.15, -0.1) is 0 Å². The van der Waals surface area contributed by atoms with Crippen molar-refractivity contribution >= 4 is 20.7 Å². The summed E-state index contributed by atoms with van der Waals surface area (Å²) in [7, 11) is 2.03. The standard InChI is InChI=1S/C11H15INS2/c1-3-14-11-10(15-12-2)6-9(7-13-11)8-4-5-8/h6-8H,3-5H2,1-2H3/q-1. The van der Waals surface area contributed by atoms with Crippen LogP contribution < -0.4 is 19.8 Å². The van der Waals surface area contributed by atoms with Crippen molar-refractivity contribution in [2.24, 2.45) is 0 Å². The van der Waals surface area contributed by atoms with Gasteiger partial charge in [-0.1, -0.05) is 0 Å². The fraction of sp³-hybridized carbons (Fsp3) is 0.545. The molecule has 1 saturated carbocycles. The zero-order valence-electron chi connectivity index (χ0n) is 9.00. The molecule has 0 aromatic carbocycles. The first-order chi connectivity index (χ1) is 7.35. The van der Waals surface area contributed by atoms with E-state index in [-0.39, 0.29) is 19.8 Å². The molecule has 15 heavy (non-hydrogen) atoms. The Kier molecular flexibility index (Phi) is 4.64. The molecule has 1 fully saturated rings. The van der Waals surface area contributed by atoms with Crippen LogP contribution in [0.25, 0.3) is 0 Å². The van der Waals surface area contributed by atoms with Gasteiger partial charge in [0.1, 0.15) is 0 Å². The van der Waals surface area contributed by atoms with E-state index in [1.54, 1.807) is 0 Å². The Balaban J connectivity index is 2.21. The minimum atomic E-state index is 0.252. The van der Waals surface area contributed by atoms with Gasteiger partial charge in [0, 0.05) is 0 Å². The van der Waals surface area contributed by atoms with Gasteiger partial charge in [0.05, 0.1) is 0 Å². The number of alkyl halides is 1. The molecule has 1 aliphatic carbocycles. The summed E-state index contributed by atoms with van der Waals surface area (Å²) in [6.45, 7) is 2.19. The molecule has 1 aromatic rings. The maximum atomic E-state index is 4.61. The van der Waals surface area contributed by atoms with E-state index in [2.05, 4.69) is 29.1 Å². The first-order valence-electron chi connectivity index (χ1n) is 5.14. The van der Waals surface area contributed by atoms with Crippen LogP contribution in [0.15, 0.2) is 22.2 Å². The molecule has 4 heteroatoms. The van der Waals surface area contributed by atoms with E-state index in [4.69, 9.17) is 0 Å². The summed E-state index contributed by atoms with van der Waals surface area (Å²) in [6.07, 6.45) is 4.83. The fourth-order valence-corrected chi connectivity index (χ4v) is 5.72. The van der Waals surface area contributed by atoms with Crippen molar-refractivity contribution in [3.63, 3.8) is 0 Å². The topological polar surface area (TPSA) is 12.9 Å². The molecule has 0 atom stereocenters. The number of hydrogen-bond donors (Lipinski definition) is 0. The fourth-order valence-electron chi connectivity index (χ4n) is 1.47. The van der Waals surface area contributed by atoms with Crippen LogP contribution in [0.2, 0.25) is 0 Å². The van der Waals surface area contributed by atoms with Gasteiger partial charge in [-0.25, -0.2) is 0 Å². The van der Waals surface area contributed by atoms with Gasteiger partial charge in [0.2, 0.25) is 0 Å². The quantitative estimate of drug-likeness (QED) is 0.442. The number of aromatic nitrogens is 1. The van der Waals surface area contributed by atoms with Gasteiger partial charge in [-0.3, -0.25) is 0 Å². The summed E-state index contributed by atoms with van der Waals surface area (Å²) >= 11 is 2.12. The Bertz CT molecular complexity index is 339. The molecule has 0 N–H and O–H groups in total. The zero-order chi connectivity index (χ0) is 10.7. The molecule has 1 nitrogen and oxygen atoms in total. The Hall–Kier alpha value is 0.580. The van der Waals surface area contributed by atoms with Gasteiger partial charge in [0.15, 0.2) is 0 Å². The molecule has 0 radical (unpaired) electrons. The normalized spacial score (nSPS) is 15.9. The molecule has 2 rings (SSSR count). The van der Waals surface area contributed by atoms with Gasteiger partial charge >= 0.3 is 110 Å². The van der Waals surface area contributed by atoms with Crippen LogP contribution in [0, 0.1) is 0 Å². The van der Waals surface area contributed by atoms with Gasteiger partial charge in [0.25, 0.3) is 0 Å². The molecule has 0 spiro atoms. The van der Waals surface area contributed by atoms with Crippen molar-refractivity contribution in [3.05, 3.63) is 17.8 Å². The molecule has 0 aliphatic heterocycles. The number of rotatable bonds is 5. The SMILES string of the molecule is CCSc1ncc(C2CC2)cc1S[I-]C. The van der Waals surface area contributed by atoms with E-state index in [1.807, 2.05) is 20.7 Å². The molecule has 84 valence electrons. The number of pyridine rings is 1. The van der Waals surface area contributed by atoms with Gasteiger partial charge in [-0.2, -0.15) is 0 Å². The third kappa shape index (κ3) is 3.27. The molecule has 0 unspecified atom stereocenters. The summed E-state index contributed by atoms with van der Waals surface area (Å²) in [5.74, 6) is 1.94. The second-order valence-electron chi connectivity index (χ2n) is 3.51. The number of nitrogens with zero attached hydrogens (tertiary/aromatic N) is 1. The minimum absolute atomic E-state index is 0.252. The summed E-state index contributed by atoms with van der Waals surface area (Å²) in [4.78, 5) is 8.35. The Morgan fingerprint density at radius 3 is 2.93 bits per heavy atom. The average Bonchev–Trinajstić information content (AvgIpc) is 3.05. The molecular formula is C11H15INS2-. The number of hydrogen-bond acceptors (Lipinski definition) is 3. The van der Waals surface area contributed by atoms with E-state index >= 15 is 0 Å². The molecule has 0 saturated heterocycles. The predicted molar refractivity (Wildman–Crippen MR) is 64.4 cm³/mol. The average molecular weight is 352 g/mol. The Morgan fingerprint density at radius 2 is 2.33 bits per heavy atom. The van der Waals surface area contributed by atoms with Gasteiger partial charge in [-0.05, 0) is 0 Å². The second-order valence-corrected chi connectivity index (χ2v) is 9.63. The van der Waals surface area contributed by atoms with E-state index in [9.17, 15) is 0 Å². The van der Waals surface area contributed by atoms with Crippen LogP contribution in [0.5, 0.6) is 0 Å². The summed E-state index contributed by atoms with van der Waals surface area (Å²) in [5.41, 5.74) is 1.47. The first-order valence-corrected chi connectivity index (χ1v) is 11.6. The van der Waals surface area contributed by atoms with Crippen LogP contribution in [-0.4, -0.2) is 15.7 Å². The van der Waals surface area contributed by atoms with Crippen molar-refractivity contribution in [3.8, 4) is 0 Å². The van der Waals surface area contributed by atoms with Crippen LogP contribution in [0.3, 0.4) is 0 Å². The molecule has 0 bridgehead atoms.